The van der Waals surface area contributed by atoms with Crippen LogP contribution in [0.15, 0.2) is 28.7 Å². The predicted molar refractivity (Wildman–Crippen MR) is 64.2 cm³/mol. The second-order valence-electron chi connectivity index (χ2n) is 3.95. The third-order valence-corrected chi connectivity index (χ3v) is 2.49. The van der Waals surface area contributed by atoms with Gasteiger partial charge in [-0.05, 0) is 32.0 Å². The van der Waals surface area contributed by atoms with E-state index in [1.54, 1.807) is 19.9 Å². The Kier molecular flexibility index (Phi) is 3.06. The molecular weight excluding hydrogens is 237 g/mol. The fraction of sp³-hybridized carbons (Fsp3) is 0.154. The number of carbonyl (C=O) groups excluding carboxylic acids is 1. The van der Waals surface area contributed by atoms with E-state index in [2.05, 4.69) is 5.32 Å². The Bertz CT molecular complexity index is 604. The highest BCUT2D eigenvalue weighted by Gasteiger charge is 2.15. The normalized spacial score (nSPS) is 10.4. The zero-order chi connectivity index (χ0) is 13.3. The monoisotopic (exact) mass is 249 g/mol. The lowest BCUT2D eigenvalue weighted by atomic mass is 10.2. The van der Waals surface area contributed by atoms with E-state index in [-0.39, 0.29) is 11.4 Å². The first-order chi connectivity index (χ1) is 8.47. The van der Waals surface area contributed by atoms with Crippen molar-refractivity contribution in [2.75, 3.05) is 5.32 Å². The average Bonchev–Trinajstić information content (AvgIpc) is 2.62. The van der Waals surface area contributed by atoms with Crippen LogP contribution >= 0.6 is 0 Å². The Morgan fingerprint density at radius 3 is 2.61 bits per heavy atom. The molecular formula is C13H12FNO3. The molecule has 0 atom stereocenters. The fourth-order valence-corrected chi connectivity index (χ4v) is 1.65. The topological polar surface area (TPSA) is 62.5 Å². The van der Waals surface area contributed by atoms with Crippen LogP contribution in [0.4, 0.5) is 10.1 Å². The summed E-state index contributed by atoms with van der Waals surface area (Å²) in [4.78, 5) is 11.9. The smallest absolute Gasteiger partial charge is 0.259 e. The van der Waals surface area contributed by atoms with Crippen molar-refractivity contribution in [3.63, 3.8) is 0 Å². The Morgan fingerprint density at radius 2 is 2.06 bits per heavy atom. The lowest BCUT2D eigenvalue weighted by Gasteiger charge is -2.05. The number of phenols is 1. The summed E-state index contributed by atoms with van der Waals surface area (Å²) < 4.78 is 18.7. The largest absolute Gasteiger partial charge is 0.508 e. The van der Waals surface area contributed by atoms with E-state index in [4.69, 9.17) is 9.52 Å². The molecule has 94 valence electrons. The molecule has 2 rings (SSSR count). The van der Waals surface area contributed by atoms with Crippen molar-refractivity contribution in [1.82, 2.24) is 0 Å². The lowest BCUT2D eigenvalue weighted by Crippen LogP contribution is -2.13. The van der Waals surface area contributed by atoms with Crippen molar-refractivity contribution >= 4 is 11.6 Å². The second kappa shape index (κ2) is 4.52. The summed E-state index contributed by atoms with van der Waals surface area (Å²) >= 11 is 0. The molecule has 0 saturated carbocycles. The van der Waals surface area contributed by atoms with Crippen LogP contribution in [0.2, 0.25) is 0 Å². The van der Waals surface area contributed by atoms with Crippen LogP contribution < -0.4 is 5.32 Å². The van der Waals surface area contributed by atoms with Gasteiger partial charge >= 0.3 is 0 Å². The molecule has 1 aromatic heterocycles. The third-order valence-electron chi connectivity index (χ3n) is 2.49. The van der Waals surface area contributed by atoms with Crippen molar-refractivity contribution < 1.29 is 18.7 Å². The SMILES string of the molecule is Cc1cc(C(=O)Nc2ccc(O)cc2F)c(C)o1. The molecule has 1 amide bonds. The maximum Gasteiger partial charge on any atom is 0.259 e. The molecule has 0 aliphatic rings. The Morgan fingerprint density at radius 1 is 1.33 bits per heavy atom. The van der Waals surface area contributed by atoms with Crippen molar-refractivity contribution in [2.24, 2.45) is 0 Å². The van der Waals surface area contributed by atoms with Crippen molar-refractivity contribution in [3.8, 4) is 5.75 Å². The van der Waals surface area contributed by atoms with Crippen molar-refractivity contribution in [3.05, 3.63) is 47.2 Å². The molecule has 0 fully saturated rings. The number of furan rings is 1. The molecule has 0 saturated heterocycles. The molecule has 0 aliphatic carbocycles. The molecule has 0 unspecified atom stereocenters. The van der Waals surface area contributed by atoms with E-state index in [9.17, 15) is 9.18 Å². The molecule has 18 heavy (non-hydrogen) atoms. The summed E-state index contributed by atoms with van der Waals surface area (Å²) in [5.74, 6) is -0.246. The number of phenolic OH excluding ortho intramolecular Hbond substituents is 1. The molecule has 0 spiro atoms. The van der Waals surface area contributed by atoms with Gasteiger partial charge in [0.1, 0.15) is 23.1 Å². The molecule has 1 heterocycles. The quantitative estimate of drug-likeness (QED) is 0.804. The minimum Gasteiger partial charge on any atom is -0.508 e. The van der Waals surface area contributed by atoms with E-state index in [0.717, 1.165) is 6.07 Å². The first-order valence-corrected chi connectivity index (χ1v) is 5.34. The number of amides is 1. The third kappa shape index (κ3) is 2.34. The number of rotatable bonds is 2. The van der Waals surface area contributed by atoms with Gasteiger partial charge < -0.3 is 14.8 Å². The molecule has 0 bridgehead atoms. The van der Waals surface area contributed by atoms with Gasteiger partial charge in [-0.1, -0.05) is 0 Å². The van der Waals surface area contributed by atoms with Gasteiger partial charge in [-0.15, -0.1) is 0 Å². The minimum atomic E-state index is -0.693. The molecule has 1 aromatic carbocycles. The highest BCUT2D eigenvalue weighted by molar-refractivity contribution is 6.05. The fourth-order valence-electron chi connectivity index (χ4n) is 1.65. The molecule has 2 aromatic rings. The number of hydrogen-bond acceptors (Lipinski definition) is 3. The highest BCUT2D eigenvalue weighted by atomic mass is 19.1. The highest BCUT2D eigenvalue weighted by Crippen LogP contribution is 2.21. The summed E-state index contributed by atoms with van der Waals surface area (Å²) in [6.07, 6.45) is 0. The van der Waals surface area contributed by atoms with E-state index < -0.39 is 11.7 Å². The summed E-state index contributed by atoms with van der Waals surface area (Å²) in [5.41, 5.74) is 0.371. The number of aromatic hydroxyl groups is 1. The van der Waals surface area contributed by atoms with Crippen LogP contribution in [0.25, 0.3) is 0 Å². The zero-order valence-electron chi connectivity index (χ0n) is 9.95. The van der Waals surface area contributed by atoms with Gasteiger partial charge in [0.05, 0.1) is 11.3 Å². The first kappa shape index (κ1) is 12.2. The van der Waals surface area contributed by atoms with Crippen LogP contribution in [-0.2, 0) is 0 Å². The summed E-state index contributed by atoms with van der Waals surface area (Å²) in [6.45, 7) is 3.39. The number of hydrogen-bond donors (Lipinski definition) is 2. The van der Waals surface area contributed by atoms with Gasteiger partial charge in [-0.2, -0.15) is 0 Å². The van der Waals surface area contributed by atoms with Crippen LogP contribution in [0.3, 0.4) is 0 Å². The summed E-state index contributed by atoms with van der Waals surface area (Å²) in [6, 6.07) is 5.11. The van der Waals surface area contributed by atoms with Crippen LogP contribution in [-0.4, -0.2) is 11.0 Å². The molecule has 0 radical (unpaired) electrons. The minimum absolute atomic E-state index is 0.0102. The number of benzene rings is 1. The second-order valence-corrected chi connectivity index (χ2v) is 3.95. The van der Waals surface area contributed by atoms with Gasteiger partial charge in [0, 0.05) is 6.07 Å². The lowest BCUT2D eigenvalue weighted by molar-refractivity contribution is 0.102. The van der Waals surface area contributed by atoms with Gasteiger partial charge in [0.25, 0.3) is 5.91 Å². The Labute approximate surface area is 103 Å². The van der Waals surface area contributed by atoms with Crippen molar-refractivity contribution in [1.29, 1.82) is 0 Å². The van der Waals surface area contributed by atoms with Crippen molar-refractivity contribution in [2.45, 2.75) is 13.8 Å². The van der Waals surface area contributed by atoms with Crippen LogP contribution in [0.1, 0.15) is 21.9 Å². The van der Waals surface area contributed by atoms with Gasteiger partial charge in [-0.3, -0.25) is 4.79 Å². The number of halogens is 1. The Balaban J connectivity index is 2.24. The number of aryl methyl sites for hydroxylation is 2. The number of carbonyl (C=O) groups is 1. The molecule has 5 heteroatoms. The van der Waals surface area contributed by atoms with E-state index in [1.165, 1.54) is 12.1 Å². The maximum absolute atomic E-state index is 13.4. The van der Waals surface area contributed by atoms with Gasteiger partial charge in [-0.25, -0.2) is 4.39 Å². The number of anilines is 1. The van der Waals surface area contributed by atoms with Gasteiger partial charge in [0.2, 0.25) is 0 Å². The summed E-state index contributed by atoms with van der Waals surface area (Å²) in [5, 5.41) is 11.5. The van der Waals surface area contributed by atoms with E-state index in [0.29, 0.717) is 17.1 Å². The standard InChI is InChI=1S/C13H12FNO3/c1-7-5-10(8(2)18-7)13(17)15-12-4-3-9(16)6-11(12)14/h3-6,16H,1-2H3,(H,15,17). The van der Waals surface area contributed by atoms with Gasteiger partial charge in [0.15, 0.2) is 0 Å². The Hall–Kier alpha value is -2.30. The average molecular weight is 249 g/mol. The number of nitrogens with one attached hydrogen (secondary N) is 1. The summed E-state index contributed by atoms with van der Waals surface area (Å²) in [7, 11) is 0. The molecule has 2 N–H and O–H groups in total. The maximum atomic E-state index is 13.4. The first-order valence-electron chi connectivity index (χ1n) is 5.34. The zero-order valence-corrected chi connectivity index (χ0v) is 9.95. The predicted octanol–water partition coefficient (Wildman–Crippen LogP) is 2.99. The molecule has 4 nitrogen and oxygen atoms in total. The molecule has 0 aliphatic heterocycles. The van der Waals surface area contributed by atoms with Crippen LogP contribution in [0, 0.1) is 19.7 Å². The van der Waals surface area contributed by atoms with Crippen LogP contribution in [0.5, 0.6) is 5.75 Å². The van der Waals surface area contributed by atoms with E-state index >= 15 is 0 Å². The van der Waals surface area contributed by atoms with E-state index in [1.807, 2.05) is 0 Å².